The van der Waals surface area contributed by atoms with Gasteiger partial charge in [0, 0.05) is 29.4 Å². The Morgan fingerprint density at radius 1 is 1.35 bits per heavy atom. The van der Waals surface area contributed by atoms with Crippen LogP contribution < -0.4 is 10.2 Å². The molecular formula is C18H18ClN3O3S. The summed E-state index contributed by atoms with van der Waals surface area (Å²) in [4.78, 5) is 41.9. The summed E-state index contributed by atoms with van der Waals surface area (Å²) in [5.41, 5.74) is 0.729. The van der Waals surface area contributed by atoms with Gasteiger partial charge in [0.2, 0.25) is 11.8 Å². The zero-order chi connectivity index (χ0) is 18.1. The Kier molecular flexibility index (Phi) is 3.56. The largest absolute Gasteiger partial charge is 0.354 e. The molecule has 4 heterocycles. The highest BCUT2D eigenvalue weighted by Crippen LogP contribution is 2.57. The van der Waals surface area contributed by atoms with E-state index >= 15 is 0 Å². The smallest absolute Gasteiger partial charge is 0.260 e. The second-order valence-corrected chi connectivity index (χ2v) is 9.04. The lowest BCUT2D eigenvalue weighted by Crippen LogP contribution is -2.59. The second kappa shape index (κ2) is 5.63. The SMILES string of the molecule is O=C1NC[C@@H]2[C@H]1CCCN2C(=O)[C@]12CCC(=O)N1c1cc(Cl)ccc1S2. The monoisotopic (exact) mass is 391 g/mol. The summed E-state index contributed by atoms with van der Waals surface area (Å²) in [5.74, 6) is -0.177. The van der Waals surface area contributed by atoms with Crippen LogP contribution in [0.15, 0.2) is 23.1 Å². The third-order valence-electron chi connectivity index (χ3n) is 5.93. The molecule has 0 unspecified atom stereocenters. The molecule has 5 rings (SSSR count). The van der Waals surface area contributed by atoms with Crippen LogP contribution in [0.4, 0.5) is 5.69 Å². The third-order valence-corrected chi connectivity index (χ3v) is 7.62. The van der Waals surface area contributed by atoms with Gasteiger partial charge in [-0.05, 0) is 37.5 Å². The zero-order valence-electron chi connectivity index (χ0n) is 14.0. The van der Waals surface area contributed by atoms with E-state index in [1.807, 2.05) is 11.0 Å². The molecule has 0 saturated carbocycles. The fourth-order valence-electron chi connectivity index (χ4n) is 4.73. The van der Waals surface area contributed by atoms with Crippen molar-refractivity contribution >= 4 is 46.8 Å². The van der Waals surface area contributed by atoms with E-state index in [0.29, 0.717) is 31.0 Å². The first-order chi connectivity index (χ1) is 12.5. The first-order valence-corrected chi connectivity index (χ1v) is 10.1. The molecule has 0 aliphatic carbocycles. The minimum Gasteiger partial charge on any atom is -0.354 e. The van der Waals surface area contributed by atoms with E-state index in [1.165, 1.54) is 11.8 Å². The van der Waals surface area contributed by atoms with Crippen LogP contribution in [-0.2, 0) is 14.4 Å². The van der Waals surface area contributed by atoms with Crippen LogP contribution in [0.1, 0.15) is 25.7 Å². The minimum atomic E-state index is -0.933. The number of carbonyl (C=O) groups is 3. The lowest BCUT2D eigenvalue weighted by Gasteiger charge is -2.41. The predicted molar refractivity (Wildman–Crippen MR) is 98.0 cm³/mol. The van der Waals surface area contributed by atoms with Gasteiger partial charge in [-0.2, -0.15) is 0 Å². The molecule has 0 aromatic heterocycles. The maximum Gasteiger partial charge on any atom is 0.260 e. The molecule has 1 aromatic rings. The van der Waals surface area contributed by atoms with Gasteiger partial charge in [-0.3, -0.25) is 19.3 Å². The average molecular weight is 392 g/mol. The summed E-state index contributed by atoms with van der Waals surface area (Å²) in [5, 5.41) is 3.44. The number of anilines is 1. The number of amides is 3. The summed E-state index contributed by atoms with van der Waals surface area (Å²) >= 11 is 7.59. The van der Waals surface area contributed by atoms with E-state index in [2.05, 4.69) is 5.32 Å². The van der Waals surface area contributed by atoms with Gasteiger partial charge in [0.05, 0.1) is 17.6 Å². The van der Waals surface area contributed by atoms with Crippen LogP contribution in [0, 0.1) is 5.92 Å². The van der Waals surface area contributed by atoms with Gasteiger partial charge in [0.15, 0.2) is 4.87 Å². The van der Waals surface area contributed by atoms with Gasteiger partial charge in [-0.15, -0.1) is 0 Å². The third kappa shape index (κ3) is 2.10. The van der Waals surface area contributed by atoms with Gasteiger partial charge in [0.25, 0.3) is 5.91 Å². The molecule has 6 nitrogen and oxygen atoms in total. The molecule has 0 bridgehead atoms. The molecule has 3 fully saturated rings. The molecule has 3 atom stereocenters. The Balaban J connectivity index is 1.54. The second-order valence-electron chi connectivity index (χ2n) is 7.29. The van der Waals surface area contributed by atoms with Crippen molar-refractivity contribution in [2.45, 2.75) is 41.5 Å². The van der Waals surface area contributed by atoms with Crippen molar-refractivity contribution < 1.29 is 14.4 Å². The topological polar surface area (TPSA) is 69.7 Å². The summed E-state index contributed by atoms with van der Waals surface area (Å²) in [7, 11) is 0. The van der Waals surface area contributed by atoms with Gasteiger partial charge < -0.3 is 10.2 Å². The lowest BCUT2D eigenvalue weighted by atomic mass is 9.90. The van der Waals surface area contributed by atoms with Crippen molar-refractivity contribution in [3.8, 4) is 0 Å². The normalized spacial score (nSPS) is 32.3. The van der Waals surface area contributed by atoms with Crippen molar-refractivity contribution in [2.75, 3.05) is 18.0 Å². The van der Waals surface area contributed by atoms with Gasteiger partial charge >= 0.3 is 0 Å². The molecule has 4 aliphatic heterocycles. The van der Waals surface area contributed by atoms with Crippen LogP contribution in [0.2, 0.25) is 5.02 Å². The molecule has 136 valence electrons. The Morgan fingerprint density at radius 2 is 2.19 bits per heavy atom. The van der Waals surface area contributed by atoms with Crippen LogP contribution in [0.5, 0.6) is 0 Å². The molecule has 1 N–H and O–H groups in total. The molecule has 0 spiro atoms. The highest BCUT2D eigenvalue weighted by Gasteiger charge is 2.60. The fourth-order valence-corrected chi connectivity index (χ4v) is 6.36. The number of rotatable bonds is 1. The maximum atomic E-state index is 13.7. The molecule has 4 aliphatic rings. The maximum absolute atomic E-state index is 13.7. The molecule has 8 heteroatoms. The highest BCUT2D eigenvalue weighted by molar-refractivity contribution is 8.02. The van der Waals surface area contributed by atoms with Crippen LogP contribution >= 0.6 is 23.4 Å². The Hall–Kier alpha value is -1.73. The van der Waals surface area contributed by atoms with E-state index in [-0.39, 0.29) is 29.7 Å². The number of carbonyl (C=O) groups excluding carboxylic acids is 3. The van der Waals surface area contributed by atoms with Crippen molar-refractivity contribution in [1.29, 1.82) is 0 Å². The van der Waals surface area contributed by atoms with Crippen molar-refractivity contribution in [3.63, 3.8) is 0 Å². The molecule has 0 radical (unpaired) electrons. The summed E-state index contributed by atoms with van der Waals surface area (Å²) in [6, 6.07) is 5.32. The van der Waals surface area contributed by atoms with E-state index < -0.39 is 4.87 Å². The molecule has 3 saturated heterocycles. The van der Waals surface area contributed by atoms with Crippen LogP contribution in [0.25, 0.3) is 0 Å². The number of piperidine rings is 1. The minimum absolute atomic E-state index is 0.0403. The number of thioether (sulfide) groups is 1. The lowest BCUT2D eigenvalue weighted by molar-refractivity contribution is -0.139. The van der Waals surface area contributed by atoms with Crippen LogP contribution in [0.3, 0.4) is 0 Å². The molecular weight excluding hydrogens is 374 g/mol. The average Bonchev–Trinajstić information content (AvgIpc) is 3.27. The quantitative estimate of drug-likeness (QED) is 0.795. The van der Waals surface area contributed by atoms with E-state index in [1.54, 1.807) is 17.0 Å². The number of benzene rings is 1. The number of hydrogen-bond acceptors (Lipinski definition) is 4. The standard InChI is InChI=1S/C18H18ClN3O3S/c19-10-3-4-14-12(8-10)22-15(23)5-6-18(22,26-14)17(25)21-7-1-2-11-13(21)9-20-16(11)24/h3-4,8,11,13H,1-2,5-7,9H2,(H,20,24)/t11-,13-,18-/m1/s1. The Morgan fingerprint density at radius 3 is 3.04 bits per heavy atom. The number of hydrogen-bond donors (Lipinski definition) is 1. The number of halogens is 1. The van der Waals surface area contributed by atoms with Crippen molar-refractivity contribution in [3.05, 3.63) is 23.2 Å². The van der Waals surface area contributed by atoms with Crippen molar-refractivity contribution in [1.82, 2.24) is 10.2 Å². The Labute approximate surface area is 160 Å². The molecule has 3 amide bonds. The van der Waals surface area contributed by atoms with Gasteiger partial charge in [-0.1, -0.05) is 23.4 Å². The first kappa shape index (κ1) is 16.4. The zero-order valence-corrected chi connectivity index (χ0v) is 15.6. The highest BCUT2D eigenvalue weighted by atomic mass is 35.5. The van der Waals surface area contributed by atoms with E-state index in [9.17, 15) is 14.4 Å². The van der Waals surface area contributed by atoms with E-state index in [0.717, 1.165) is 23.4 Å². The number of nitrogens with one attached hydrogen (secondary N) is 1. The van der Waals surface area contributed by atoms with Gasteiger partial charge in [0.1, 0.15) is 0 Å². The number of nitrogens with zero attached hydrogens (tertiary/aromatic N) is 2. The van der Waals surface area contributed by atoms with E-state index in [4.69, 9.17) is 11.6 Å². The summed E-state index contributed by atoms with van der Waals surface area (Å²) in [6.07, 6.45) is 2.47. The molecule has 1 aromatic carbocycles. The van der Waals surface area contributed by atoms with Gasteiger partial charge in [-0.25, -0.2) is 0 Å². The fraction of sp³-hybridized carbons (Fsp3) is 0.500. The summed E-state index contributed by atoms with van der Waals surface area (Å²) in [6.45, 7) is 1.14. The summed E-state index contributed by atoms with van der Waals surface area (Å²) < 4.78 is 0. The Bertz CT molecular complexity index is 847. The van der Waals surface area contributed by atoms with Crippen molar-refractivity contribution in [2.24, 2.45) is 5.92 Å². The number of likely N-dealkylation sites (tertiary alicyclic amines) is 1. The number of fused-ring (bicyclic) bond motifs is 4. The van der Waals surface area contributed by atoms with Crippen LogP contribution in [-0.4, -0.2) is 46.6 Å². The predicted octanol–water partition coefficient (Wildman–Crippen LogP) is 2.01. The first-order valence-electron chi connectivity index (χ1n) is 8.92. The molecule has 26 heavy (non-hydrogen) atoms.